The maximum absolute atomic E-state index is 11.5. The maximum atomic E-state index is 11.5. The Labute approximate surface area is 133 Å². The standard InChI is InChI=1S/C17H16N4O2/c1-23-10-16(22)20-12-6-8-13(9-7-12)21-17-14-4-2-3-5-15(14)18-11-19-17/h2-9,11H,10H2,1H3,(H,20,22)(H,18,19,21). The summed E-state index contributed by atoms with van der Waals surface area (Å²) in [5.74, 6) is 0.557. The number of rotatable bonds is 5. The Morgan fingerprint density at radius 1 is 1.04 bits per heavy atom. The first-order valence-corrected chi connectivity index (χ1v) is 7.12. The molecule has 1 heterocycles. The van der Waals surface area contributed by atoms with Crippen LogP contribution in [0.1, 0.15) is 0 Å². The van der Waals surface area contributed by atoms with E-state index in [2.05, 4.69) is 20.6 Å². The summed E-state index contributed by atoms with van der Waals surface area (Å²) in [7, 11) is 1.48. The lowest BCUT2D eigenvalue weighted by Gasteiger charge is -2.09. The minimum absolute atomic E-state index is 0.0346. The van der Waals surface area contributed by atoms with Crippen molar-refractivity contribution in [2.24, 2.45) is 0 Å². The number of methoxy groups -OCH3 is 1. The predicted octanol–water partition coefficient (Wildman–Crippen LogP) is 2.96. The average molecular weight is 308 g/mol. The summed E-state index contributed by atoms with van der Waals surface area (Å²) in [5, 5.41) is 6.96. The molecule has 0 unspecified atom stereocenters. The first kappa shape index (κ1) is 14.9. The predicted molar refractivity (Wildman–Crippen MR) is 89.8 cm³/mol. The molecule has 3 aromatic rings. The molecule has 3 rings (SSSR count). The van der Waals surface area contributed by atoms with E-state index in [1.165, 1.54) is 13.4 Å². The van der Waals surface area contributed by atoms with Crippen molar-refractivity contribution in [3.05, 3.63) is 54.9 Å². The molecule has 0 aliphatic carbocycles. The van der Waals surface area contributed by atoms with Gasteiger partial charge >= 0.3 is 0 Å². The summed E-state index contributed by atoms with van der Waals surface area (Å²) in [6.45, 7) is 0.0346. The van der Waals surface area contributed by atoms with Gasteiger partial charge in [0.2, 0.25) is 5.91 Å². The lowest BCUT2D eigenvalue weighted by Crippen LogP contribution is -2.16. The summed E-state index contributed by atoms with van der Waals surface area (Å²) in [5.41, 5.74) is 2.47. The van der Waals surface area contributed by atoms with Gasteiger partial charge in [0.05, 0.1) is 5.52 Å². The Morgan fingerprint density at radius 3 is 2.57 bits per heavy atom. The van der Waals surface area contributed by atoms with Crippen LogP contribution in [-0.2, 0) is 9.53 Å². The molecule has 0 radical (unpaired) electrons. The maximum Gasteiger partial charge on any atom is 0.250 e. The molecule has 1 amide bonds. The van der Waals surface area contributed by atoms with Gasteiger partial charge in [0.15, 0.2) is 0 Å². The zero-order valence-electron chi connectivity index (χ0n) is 12.6. The molecule has 0 fully saturated rings. The average Bonchev–Trinajstić information content (AvgIpc) is 2.57. The number of para-hydroxylation sites is 1. The third-order valence-electron chi connectivity index (χ3n) is 3.25. The zero-order chi connectivity index (χ0) is 16.1. The third kappa shape index (κ3) is 3.61. The van der Waals surface area contributed by atoms with Crippen molar-refractivity contribution >= 4 is 34.0 Å². The summed E-state index contributed by atoms with van der Waals surface area (Å²) in [6.07, 6.45) is 1.53. The number of aromatic nitrogens is 2. The Bertz CT molecular complexity index is 813. The monoisotopic (exact) mass is 308 g/mol. The van der Waals surface area contributed by atoms with Gasteiger partial charge in [-0.1, -0.05) is 12.1 Å². The largest absolute Gasteiger partial charge is 0.375 e. The summed E-state index contributed by atoms with van der Waals surface area (Å²) in [6, 6.07) is 15.2. The number of carbonyl (C=O) groups excluding carboxylic acids is 1. The number of nitrogens with zero attached hydrogens (tertiary/aromatic N) is 2. The van der Waals surface area contributed by atoms with E-state index < -0.39 is 0 Å². The fourth-order valence-electron chi connectivity index (χ4n) is 2.21. The molecule has 6 heteroatoms. The van der Waals surface area contributed by atoms with Crippen LogP contribution in [0, 0.1) is 0 Å². The summed E-state index contributed by atoms with van der Waals surface area (Å²) in [4.78, 5) is 20.0. The first-order valence-electron chi connectivity index (χ1n) is 7.12. The molecule has 116 valence electrons. The molecule has 0 spiro atoms. The number of benzene rings is 2. The lowest BCUT2D eigenvalue weighted by atomic mass is 10.2. The highest BCUT2D eigenvalue weighted by atomic mass is 16.5. The minimum atomic E-state index is -0.185. The number of carbonyl (C=O) groups is 1. The lowest BCUT2D eigenvalue weighted by molar-refractivity contribution is -0.119. The SMILES string of the molecule is COCC(=O)Nc1ccc(Nc2ncnc3ccccc23)cc1. The van der Waals surface area contributed by atoms with Gasteiger partial charge in [-0.3, -0.25) is 4.79 Å². The van der Waals surface area contributed by atoms with Crippen LogP contribution >= 0.6 is 0 Å². The van der Waals surface area contributed by atoms with E-state index >= 15 is 0 Å². The topological polar surface area (TPSA) is 76.1 Å². The number of ether oxygens (including phenoxy) is 1. The van der Waals surface area contributed by atoms with E-state index in [9.17, 15) is 4.79 Å². The van der Waals surface area contributed by atoms with Crippen molar-refractivity contribution in [3.63, 3.8) is 0 Å². The van der Waals surface area contributed by atoms with Gasteiger partial charge in [-0.05, 0) is 36.4 Å². The number of hydrogen-bond donors (Lipinski definition) is 2. The van der Waals surface area contributed by atoms with Gasteiger partial charge in [0.25, 0.3) is 0 Å². The Balaban J connectivity index is 1.76. The number of hydrogen-bond acceptors (Lipinski definition) is 5. The Hall–Kier alpha value is -2.99. The van der Waals surface area contributed by atoms with Gasteiger partial charge in [-0.2, -0.15) is 0 Å². The van der Waals surface area contributed by atoms with Crippen molar-refractivity contribution in [3.8, 4) is 0 Å². The molecule has 6 nitrogen and oxygen atoms in total. The van der Waals surface area contributed by atoms with Crippen LogP contribution in [0.2, 0.25) is 0 Å². The second-order valence-corrected chi connectivity index (χ2v) is 4.92. The minimum Gasteiger partial charge on any atom is -0.375 e. The van der Waals surface area contributed by atoms with E-state index in [1.54, 1.807) is 0 Å². The first-order chi connectivity index (χ1) is 11.3. The molecule has 0 saturated carbocycles. The third-order valence-corrected chi connectivity index (χ3v) is 3.25. The smallest absolute Gasteiger partial charge is 0.250 e. The molecule has 1 aromatic heterocycles. The Kier molecular flexibility index (Phi) is 4.44. The number of fused-ring (bicyclic) bond motifs is 1. The normalized spacial score (nSPS) is 10.5. The molecule has 0 aliphatic rings. The van der Waals surface area contributed by atoms with E-state index in [0.29, 0.717) is 5.69 Å². The van der Waals surface area contributed by atoms with Gasteiger partial charge in [0, 0.05) is 23.9 Å². The highest BCUT2D eigenvalue weighted by molar-refractivity contribution is 5.92. The van der Waals surface area contributed by atoms with Crippen LogP contribution < -0.4 is 10.6 Å². The summed E-state index contributed by atoms with van der Waals surface area (Å²) < 4.78 is 4.78. The molecular formula is C17H16N4O2. The fraction of sp³-hybridized carbons (Fsp3) is 0.118. The second-order valence-electron chi connectivity index (χ2n) is 4.92. The van der Waals surface area contributed by atoms with E-state index in [1.807, 2.05) is 48.5 Å². The van der Waals surface area contributed by atoms with Crippen molar-refractivity contribution in [2.45, 2.75) is 0 Å². The van der Waals surface area contributed by atoms with Crippen LogP contribution in [-0.4, -0.2) is 29.6 Å². The number of nitrogens with one attached hydrogen (secondary N) is 2. The van der Waals surface area contributed by atoms with Gasteiger partial charge in [0.1, 0.15) is 18.8 Å². The molecule has 23 heavy (non-hydrogen) atoms. The van der Waals surface area contributed by atoms with Crippen LogP contribution in [0.15, 0.2) is 54.9 Å². The highest BCUT2D eigenvalue weighted by Gasteiger charge is 2.04. The van der Waals surface area contributed by atoms with Crippen molar-refractivity contribution < 1.29 is 9.53 Å². The number of amides is 1. The van der Waals surface area contributed by atoms with Gasteiger partial charge in [-0.15, -0.1) is 0 Å². The molecule has 0 atom stereocenters. The van der Waals surface area contributed by atoms with E-state index in [0.717, 1.165) is 22.4 Å². The van der Waals surface area contributed by atoms with Crippen molar-refractivity contribution in [1.29, 1.82) is 0 Å². The second kappa shape index (κ2) is 6.85. The molecule has 2 aromatic carbocycles. The van der Waals surface area contributed by atoms with Gasteiger partial charge < -0.3 is 15.4 Å². The molecule has 0 bridgehead atoms. The van der Waals surface area contributed by atoms with Crippen LogP contribution in [0.3, 0.4) is 0 Å². The van der Waals surface area contributed by atoms with Crippen LogP contribution in [0.25, 0.3) is 10.9 Å². The van der Waals surface area contributed by atoms with E-state index in [-0.39, 0.29) is 12.5 Å². The van der Waals surface area contributed by atoms with Crippen molar-refractivity contribution in [2.75, 3.05) is 24.4 Å². The summed E-state index contributed by atoms with van der Waals surface area (Å²) >= 11 is 0. The van der Waals surface area contributed by atoms with Crippen LogP contribution in [0.5, 0.6) is 0 Å². The quantitative estimate of drug-likeness (QED) is 0.758. The van der Waals surface area contributed by atoms with Crippen LogP contribution in [0.4, 0.5) is 17.2 Å². The fourth-order valence-corrected chi connectivity index (χ4v) is 2.21. The molecule has 2 N–H and O–H groups in total. The molecular weight excluding hydrogens is 292 g/mol. The molecule has 0 saturated heterocycles. The zero-order valence-corrected chi connectivity index (χ0v) is 12.6. The van der Waals surface area contributed by atoms with Crippen molar-refractivity contribution in [1.82, 2.24) is 9.97 Å². The Morgan fingerprint density at radius 2 is 1.78 bits per heavy atom. The molecule has 0 aliphatic heterocycles. The van der Waals surface area contributed by atoms with E-state index in [4.69, 9.17) is 4.74 Å². The number of anilines is 3. The van der Waals surface area contributed by atoms with Gasteiger partial charge in [-0.25, -0.2) is 9.97 Å². The highest BCUT2D eigenvalue weighted by Crippen LogP contribution is 2.23.